The Hall–Kier alpha value is -1.06. The standard InChI is InChI=1S/C13H17ClN2O/c1-9-2-3-10(12(14)6-9)7-15-11-4-5-13(17)16-8-11/h2-3,6,11,15H,4-5,7-8H2,1H3,(H,16,17). The Morgan fingerprint density at radius 2 is 2.35 bits per heavy atom. The van der Waals surface area contributed by atoms with Crippen LogP contribution in [0, 0.1) is 6.92 Å². The van der Waals surface area contributed by atoms with E-state index in [4.69, 9.17) is 11.6 Å². The van der Waals surface area contributed by atoms with Crippen molar-refractivity contribution in [2.45, 2.75) is 32.4 Å². The zero-order chi connectivity index (χ0) is 12.3. The quantitative estimate of drug-likeness (QED) is 0.864. The molecule has 17 heavy (non-hydrogen) atoms. The smallest absolute Gasteiger partial charge is 0.220 e. The van der Waals surface area contributed by atoms with E-state index in [1.54, 1.807) is 0 Å². The minimum atomic E-state index is 0.149. The molecule has 2 rings (SSSR count). The van der Waals surface area contributed by atoms with Crippen LogP contribution in [0.3, 0.4) is 0 Å². The average molecular weight is 253 g/mol. The highest BCUT2D eigenvalue weighted by Gasteiger charge is 2.17. The van der Waals surface area contributed by atoms with Crippen LogP contribution < -0.4 is 10.6 Å². The summed E-state index contributed by atoms with van der Waals surface area (Å²) in [5.41, 5.74) is 2.28. The van der Waals surface area contributed by atoms with Gasteiger partial charge in [-0.1, -0.05) is 23.7 Å². The fourth-order valence-electron chi connectivity index (χ4n) is 1.96. The maximum Gasteiger partial charge on any atom is 0.220 e. The maximum absolute atomic E-state index is 11.0. The molecule has 0 radical (unpaired) electrons. The number of aryl methyl sites for hydroxylation is 1. The highest BCUT2D eigenvalue weighted by Crippen LogP contribution is 2.17. The van der Waals surface area contributed by atoms with Gasteiger partial charge in [-0.05, 0) is 30.5 Å². The van der Waals surface area contributed by atoms with Gasteiger partial charge in [0.15, 0.2) is 0 Å². The van der Waals surface area contributed by atoms with E-state index in [-0.39, 0.29) is 5.91 Å². The lowest BCUT2D eigenvalue weighted by molar-refractivity contribution is -0.122. The van der Waals surface area contributed by atoms with Crippen LogP contribution in [0.2, 0.25) is 5.02 Å². The van der Waals surface area contributed by atoms with Gasteiger partial charge in [-0.3, -0.25) is 4.79 Å². The summed E-state index contributed by atoms with van der Waals surface area (Å²) in [6.07, 6.45) is 1.51. The second kappa shape index (κ2) is 5.52. The first kappa shape index (κ1) is 12.4. The molecule has 1 aliphatic rings. The number of hydrogen-bond acceptors (Lipinski definition) is 2. The molecule has 1 atom stereocenters. The van der Waals surface area contributed by atoms with Gasteiger partial charge in [-0.2, -0.15) is 0 Å². The molecule has 1 amide bonds. The summed E-state index contributed by atoms with van der Waals surface area (Å²) in [7, 11) is 0. The lowest BCUT2D eigenvalue weighted by Gasteiger charge is -2.23. The predicted octanol–water partition coefficient (Wildman–Crippen LogP) is 2.02. The number of rotatable bonds is 3. The summed E-state index contributed by atoms with van der Waals surface area (Å²) in [5, 5.41) is 7.08. The van der Waals surface area contributed by atoms with Crippen molar-refractivity contribution in [1.29, 1.82) is 0 Å². The molecule has 4 heteroatoms. The molecular formula is C13H17ClN2O. The molecule has 2 N–H and O–H groups in total. The van der Waals surface area contributed by atoms with Gasteiger partial charge in [-0.25, -0.2) is 0 Å². The van der Waals surface area contributed by atoms with Crippen LogP contribution in [0.25, 0.3) is 0 Å². The van der Waals surface area contributed by atoms with Crippen molar-refractivity contribution in [3.8, 4) is 0 Å². The number of benzene rings is 1. The summed E-state index contributed by atoms with van der Waals surface area (Å²) >= 11 is 6.16. The monoisotopic (exact) mass is 252 g/mol. The van der Waals surface area contributed by atoms with Gasteiger partial charge in [0.05, 0.1) is 0 Å². The normalized spacial score (nSPS) is 20.1. The number of piperidine rings is 1. The number of nitrogens with one attached hydrogen (secondary N) is 2. The molecular weight excluding hydrogens is 236 g/mol. The summed E-state index contributed by atoms with van der Waals surface area (Å²) in [4.78, 5) is 11.0. The second-order valence-electron chi connectivity index (χ2n) is 4.52. The molecule has 0 saturated carbocycles. The fourth-order valence-corrected chi connectivity index (χ4v) is 2.26. The topological polar surface area (TPSA) is 41.1 Å². The third-order valence-corrected chi connectivity index (χ3v) is 3.41. The van der Waals surface area contributed by atoms with E-state index in [2.05, 4.69) is 16.7 Å². The van der Waals surface area contributed by atoms with Crippen LogP contribution in [-0.2, 0) is 11.3 Å². The van der Waals surface area contributed by atoms with E-state index >= 15 is 0 Å². The van der Waals surface area contributed by atoms with Crippen molar-refractivity contribution in [1.82, 2.24) is 10.6 Å². The Morgan fingerprint density at radius 3 is 3.00 bits per heavy atom. The Labute approximate surface area is 107 Å². The fraction of sp³-hybridized carbons (Fsp3) is 0.462. The van der Waals surface area contributed by atoms with E-state index < -0.39 is 0 Å². The second-order valence-corrected chi connectivity index (χ2v) is 4.92. The summed E-state index contributed by atoms with van der Waals surface area (Å²) in [5.74, 6) is 0.149. The van der Waals surface area contributed by atoms with Crippen molar-refractivity contribution < 1.29 is 4.79 Å². The summed E-state index contributed by atoms with van der Waals surface area (Å²) in [6, 6.07) is 6.43. The first-order valence-corrected chi connectivity index (χ1v) is 6.28. The Kier molecular flexibility index (Phi) is 4.02. The van der Waals surface area contributed by atoms with Crippen molar-refractivity contribution in [2.24, 2.45) is 0 Å². The molecule has 1 unspecified atom stereocenters. The Bertz CT molecular complexity index is 410. The van der Waals surface area contributed by atoms with E-state index in [0.29, 0.717) is 19.0 Å². The van der Waals surface area contributed by atoms with Crippen LogP contribution in [0.1, 0.15) is 24.0 Å². The minimum absolute atomic E-state index is 0.149. The van der Waals surface area contributed by atoms with Crippen LogP contribution in [0.15, 0.2) is 18.2 Å². The Morgan fingerprint density at radius 1 is 1.53 bits per heavy atom. The van der Waals surface area contributed by atoms with Crippen molar-refractivity contribution in [3.05, 3.63) is 34.3 Å². The number of carbonyl (C=O) groups is 1. The van der Waals surface area contributed by atoms with Crippen molar-refractivity contribution in [3.63, 3.8) is 0 Å². The van der Waals surface area contributed by atoms with E-state index in [1.165, 1.54) is 5.56 Å². The zero-order valence-electron chi connectivity index (χ0n) is 9.92. The predicted molar refractivity (Wildman–Crippen MR) is 69.1 cm³/mol. The highest BCUT2D eigenvalue weighted by molar-refractivity contribution is 6.31. The van der Waals surface area contributed by atoms with Gasteiger partial charge in [0.25, 0.3) is 0 Å². The van der Waals surface area contributed by atoms with Crippen molar-refractivity contribution >= 4 is 17.5 Å². The summed E-state index contributed by atoms with van der Waals surface area (Å²) in [6.45, 7) is 3.49. The largest absolute Gasteiger partial charge is 0.355 e. The SMILES string of the molecule is Cc1ccc(CNC2CCC(=O)NC2)c(Cl)c1. The van der Waals surface area contributed by atoms with Crippen molar-refractivity contribution in [2.75, 3.05) is 6.54 Å². The number of carbonyl (C=O) groups excluding carboxylic acids is 1. The highest BCUT2D eigenvalue weighted by atomic mass is 35.5. The molecule has 1 heterocycles. The molecule has 3 nitrogen and oxygen atoms in total. The summed E-state index contributed by atoms with van der Waals surface area (Å²) < 4.78 is 0. The maximum atomic E-state index is 11.0. The zero-order valence-corrected chi connectivity index (χ0v) is 10.7. The van der Waals surface area contributed by atoms with Crippen LogP contribution in [0.4, 0.5) is 0 Å². The molecule has 1 aromatic carbocycles. The molecule has 1 aromatic rings. The lowest BCUT2D eigenvalue weighted by Crippen LogP contribution is -2.45. The van der Waals surface area contributed by atoms with Crippen LogP contribution >= 0.6 is 11.6 Å². The Balaban J connectivity index is 1.87. The number of amides is 1. The van der Waals surface area contributed by atoms with Gasteiger partial charge >= 0.3 is 0 Å². The van der Waals surface area contributed by atoms with Gasteiger partial charge in [0.2, 0.25) is 5.91 Å². The lowest BCUT2D eigenvalue weighted by atomic mass is 10.1. The van der Waals surface area contributed by atoms with E-state index in [0.717, 1.165) is 23.6 Å². The molecule has 0 bridgehead atoms. The van der Waals surface area contributed by atoms with Gasteiger partial charge in [0.1, 0.15) is 0 Å². The van der Waals surface area contributed by atoms with Gasteiger partial charge in [-0.15, -0.1) is 0 Å². The van der Waals surface area contributed by atoms with Crippen LogP contribution in [-0.4, -0.2) is 18.5 Å². The van der Waals surface area contributed by atoms with Crippen LogP contribution in [0.5, 0.6) is 0 Å². The molecule has 0 spiro atoms. The molecule has 0 aromatic heterocycles. The minimum Gasteiger partial charge on any atom is -0.355 e. The first-order valence-electron chi connectivity index (χ1n) is 5.90. The molecule has 1 aliphatic heterocycles. The van der Waals surface area contributed by atoms with Gasteiger partial charge < -0.3 is 10.6 Å². The van der Waals surface area contributed by atoms with E-state index in [9.17, 15) is 4.79 Å². The molecule has 92 valence electrons. The molecule has 1 fully saturated rings. The number of hydrogen-bond donors (Lipinski definition) is 2. The number of halogens is 1. The van der Waals surface area contributed by atoms with Gasteiger partial charge in [0, 0.05) is 30.6 Å². The first-order chi connectivity index (χ1) is 8.15. The van der Waals surface area contributed by atoms with E-state index in [1.807, 2.05) is 19.1 Å². The molecule has 0 aliphatic carbocycles. The third-order valence-electron chi connectivity index (χ3n) is 3.06. The third kappa shape index (κ3) is 3.45. The molecule has 1 saturated heterocycles. The average Bonchev–Trinajstić information content (AvgIpc) is 2.30.